The van der Waals surface area contributed by atoms with Crippen molar-refractivity contribution in [2.45, 2.75) is 39.2 Å². The molecule has 0 atom stereocenters. The van der Waals surface area contributed by atoms with E-state index in [0.29, 0.717) is 30.1 Å². The van der Waals surface area contributed by atoms with E-state index in [1.165, 1.54) is 17.2 Å². The summed E-state index contributed by atoms with van der Waals surface area (Å²) in [5.74, 6) is -0.324. The lowest BCUT2D eigenvalue weighted by molar-refractivity contribution is -0.133. The lowest BCUT2D eigenvalue weighted by Gasteiger charge is -2.33. The minimum Gasteiger partial charge on any atom is -0.467 e. The van der Waals surface area contributed by atoms with Crippen LogP contribution in [-0.4, -0.2) is 53.9 Å². The number of nitrogens with one attached hydrogen (secondary N) is 1. The molecule has 0 unspecified atom stereocenters. The molecule has 200 valence electrons. The van der Waals surface area contributed by atoms with E-state index in [-0.39, 0.29) is 37.1 Å². The molecule has 9 heteroatoms. The molecule has 2 heterocycles. The third-order valence-corrected chi connectivity index (χ3v) is 6.72. The molecular weight excluding hydrogens is 489 g/mol. The number of furan rings is 1. The molecule has 3 amide bonds. The summed E-state index contributed by atoms with van der Waals surface area (Å²) in [6.45, 7) is 4.87. The van der Waals surface area contributed by atoms with Gasteiger partial charge in [0.25, 0.3) is 5.91 Å². The van der Waals surface area contributed by atoms with Gasteiger partial charge in [0.05, 0.1) is 25.0 Å². The average Bonchev–Trinajstić information content (AvgIpc) is 3.42. The molecule has 1 aliphatic rings. The van der Waals surface area contributed by atoms with Crippen molar-refractivity contribution >= 4 is 23.6 Å². The van der Waals surface area contributed by atoms with E-state index in [1.807, 2.05) is 24.3 Å². The smallest absolute Gasteiger partial charge is 0.410 e. The first-order chi connectivity index (χ1) is 18.4. The molecule has 38 heavy (non-hydrogen) atoms. The van der Waals surface area contributed by atoms with Gasteiger partial charge in [-0.05, 0) is 74.1 Å². The van der Waals surface area contributed by atoms with Crippen molar-refractivity contribution in [2.24, 2.45) is 0 Å². The highest BCUT2D eigenvalue weighted by atomic mass is 19.1. The molecule has 1 saturated heterocycles. The highest BCUT2D eigenvalue weighted by Crippen LogP contribution is 2.29. The molecule has 3 aromatic rings. The summed E-state index contributed by atoms with van der Waals surface area (Å²) in [4.78, 5) is 41.0. The third kappa shape index (κ3) is 6.59. The average molecular weight is 522 g/mol. The number of piperidine rings is 1. The molecule has 8 nitrogen and oxygen atoms in total. The Morgan fingerprint density at radius 2 is 1.82 bits per heavy atom. The molecule has 4 rings (SSSR count). The highest BCUT2D eigenvalue weighted by Gasteiger charge is 2.27. The number of carbonyl (C=O) groups is 3. The van der Waals surface area contributed by atoms with Gasteiger partial charge in [-0.1, -0.05) is 24.3 Å². The highest BCUT2D eigenvalue weighted by molar-refractivity contribution is 6.05. The van der Waals surface area contributed by atoms with E-state index < -0.39 is 17.8 Å². The maximum Gasteiger partial charge on any atom is 0.410 e. The van der Waals surface area contributed by atoms with Gasteiger partial charge in [-0.2, -0.15) is 0 Å². The first-order valence-corrected chi connectivity index (χ1v) is 12.7. The van der Waals surface area contributed by atoms with Gasteiger partial charge in [0.1, 0.15) is 18.1 Å². The molecule has 1 N–H and O–H groups in total. The fourth-order valence-corrected chi connectivity index (χ4v) is 4.67. The Kier molecular flexibility index (Phi) is 8.78. The lowest BCUT2D eigenvalue weighted by Crippen LogP contribution is -2.45. The fraction of sp³-hybridized carbons (Fsp3) is 0.345. The first-order valence-electron chi connectivity index (χ1n) is 12.7. The molecule has 1 fully saturated rings. The van der Waals surface area contributed by atoms with Crippen molar-refractivity contribution in [3.63, 3.8) is 0 Å². The van der Waals surface area contributed by atoms with Gasteiger partial charge in [0, 0.05) is 18.8 Å². The second-order valence-corrected chi connectivity index (χ2v) is 9.30. The summed E-state index contributed by atoms with van der Waals surface area (Å²) in [5.41, 5.74) is 2.32. The zero-order chi connectivity index (χ0) is 27.1. The van der Waals surface area contributed by atoms with Crippen LogP contribution in [0.25, 0.3) is 0 Å². The largest absolute Gasteiger partial charge is 0.467 e. The Morgan fingerprint density at radius 1 is 1.08 bits per heavy atom. The van der Waals surface area contributed by atoms with Gasteiger partial charge in [-0.25, -0.2) is 9.18 Å². The van der Waals surface area contributed by atoms with Crippen molar-refractivity contribution in [1.82, 2.24) is 9.80 Å². The Balaban J connectivity index is 1.31. The number of aryl methyl sites for hydroxylation is 1. The topological polar surface area (TPSA) is 92.1 Å². The summed E-state index contributed by atoms with van der Waals surface area (Å²) >= 11 is 0. The number of hydrogen-bond acceptors (Lipinski definition) is 5. The predicted molar refractivity (Wildman–Crippen MR) is 140 cm³/mol. The van der Waals surface area contributed by atoms with Gasteiger partial charge in [-0.15, -0.1) is 0 Å². The number of ether oxygens (including phenoxy) is 1. The number of hydrogen-bond donors (Lipinski definition) is 1. The molecule has 1 aliphatic heterocycles. The molecule has 1 aromatic heterocycles. The Bertz CT molecular complexity index is 1230. The van der Waals surface area contributed by atoms with E-state index in [2.05, 4.69) is 5.32 Å². The van der Waals surface area contributed by atoms with E-state index in [4.69, 9.17) is 9.15 Å². The summed E-state index contributed by atoms with van der Waals surface area (Å²) < 4.78 is 24.6. The van der Waals surface area contributed by atoms with Crippen LogP contribution in [0, 0.1) is 12.7 Å². The van der Waals surface area contributed by atoms with Crippen LogP contribution in [0.3, 0.4) is 0 Å². The van der Waals surface area contributed by atoms with E-state index >= 15 is 0 Å². The number of halogens is 1. The standard InChI is InChI=1S/C29H32FN3O5/c1-3-37-29(36)33(18-24-7-5-17-38-24)19-26(34)32-15-13-22(14-16-32)21-9-11-23(12-10-21)31-28(35)27-20(2)6-4-8-25(27)30/h4-12,17,22H,3,13-16,18-19H2,1-2H3,(H,31,35). The monoisotopic (exact) mass is 521 g/mol. The maximum absolute atomic E-state index is 14.1. The molecule has 0 spiro atoms. The van der Waals surface area contributed by atoms with Gasteiger partial charge in [0.2, 0.25) is 5.91 Å². The van der Waals surface area contributed by atoms with Crippen molar-refractivity contribution in [1.29, 1.82) is 0 Å². The van der Waals surface area contributed by atoms with E-state index in [1.54, 1.807) is 43.0 Å². The van der Waals surface area contributed by atoms with E-state index in [0.717, 1.165) is 18.4 Å². The minimum atomic E-state index is -0.551. The number of anilines is 1. The van der Waals surface area contributed by atoms with Crippen molar-refractivity contribution in [3.05, 3.63) is 89.1 Å². The lowest BCUT2D eigenvalue weighted by atomic mass is 9.89. The van der Waals surface area contributed by atoms with Crippen molar-refractivity contribution in [3.8, 4) is 0 Å². The van der Waals surface area contributed by atoms with Crippen LogP contribution in [0.4, 0.5) is 14.9 Å². The number of amides is 3. The Hall–Kier alpha value is -4.14. The zero-order valence-electron chi connectivity index (χ0n) is 21.6. The Labute approximate surface area is 221 Å². The molecule has 2 aromatic carbocycles. The SMILES string of the molecule is CCOC(=O)N(CC(=O)N1CCC(c2ccc(NC(=O)c3c(C)cccc3F)cc2)CC1)Cc1ccco1. The van der Waals surface area contributed by atoms with Gasteiger partial charge in [0.15, 0.2) is 0 Å². The van der Waals surface area contributed by atoms with Crippen molar-refractivity contribution < 1.29 is 27.9 Å². The van der Waals surface area contributed by atoms with Crippen LogP contribution in [-0.2, 0) is 16.1 Å². The van der Waals surface area contributed by atoms with Gasteiger partial charge < -0.3 is 19.4 Å². The second-order valence-electron chi connectivity index (χ2n) is 9.30. The Morgan fingerprint density at radius 3 is 2.45 bits per heavy atom. The maximum atomic E-state index is 14.1. The summed E-state index contributed by atoms with van der Waals surface area (Å²) in [6.07, 6.45) is 2.53. The fourth-order valence-electron chi connectivity index (χ4n) is 4.67. The zero-order valence-corrected chi connectivity index (χ0v) is 21.6. The first kappa shape index (κ1) is 26.9. The van der Waals surface area contributed by atoms with Crippen LogP contribution in [0.2, 0.25) is 0 Å². The third-order valence-electron chi connectivity index (χ3n) is 6.72. The van der Waals surface area contributed by atoms with Crippen LogP contribution < -0.4 is 5.32 Å². The molecule has 0 radical (unpaired) electrons. The quantitative estimate of drug-likeness (QED) is 0.432. The summed E-state index contributed by atoms with van der Waals surface area (Å²) in [6, 6.07) is 15.6. The summed E-state index contributed by atoms with van der Waals surface area (Å²) in [7, 11) is 0. The number of rotatable bonds is 8. The van der Waals surface area contributed by atoms with E-state index in [9.17, 15) is 18.8 Å². The molecule has 0 bridgehead atoms. The number of benzene rings is 2. The number of nitrogens with zero attached hydrogens (tertiary/aromatic N) is 2. The van der Waals surface area contributed by atoms with Crippen LogP contribution in [0.15, 0.2) is 65.3 Å². The van der Waals surface area contributed by atoms with Crippen LogP contribution >= 0.6 is 0 Å². The molecule has 0 saturated carbocycles. The number of carbonyl (C=O) groups excluding carboxylic acids is 3. The molecule has 0 aliphatic carbocycles. The van der Waals surface area contributed by atoms with Crippen LogP contribution in [0.1, 0.15) is 52.9 Å². The normalized spacial score (nSPS) is 13.7. The van der Waals surface area contributed by atoms with Gasteiger partial charge in [-0.3, -0.25) is 14.5 Å². The summed E-state index contributed by atoms with van der Waals surface area (Å²) in [5, 5.41) is 2.76. The second kappa shape index (κ2) is 12.4. The number of likely N-dealkylation sites (tertiary alicyclic amines) is 1. The van der Waals surface area contributed by atoms with Crippen LogP contribution in [0.5, 0.6) is 0 Å². The van der Waals surface area contributed by atoms with Gasteiger partial charge >= 0.3 is 6.09 Å². The van der Waals surface area contributed by atoms with Crippen molar-refractivity contribution in [2.75, 3.05) is 31.6 Å². The molecular formula is C29H32FN3O5. The predicted octanol–water partition coefficient (Wildman–Crippen LogP) is 5.34. The minimum absolute atomic E-state index is 0.0410.